The van der Waals surface area contributed by atoms with Crippen molar-refractivity contribution in [2.24, 2.45) is 0 Å². The molecule has 0 bridgehead atoms. The van der Waals surface area contributed by atoms with Gasteiger partial charge in [0.25, 0.3) is 0 Å². The zero-order chi connectivity index (χ0) is 16.8. The molecule has 1 aliphatic heterocycles. The van der Waals surface area contributed by atoms with E-state index in [0.29, 0.717) is 37.9 Å². The van der Waals surface area contributed by atoms with Crippen LogP contribution in [-0.4, -0.2) is 81.6 Å². The van der Waals surface area contributed by atoms with Crippen molar-refractivity contribution in [3.63, 3.8) is 0 Å². The Kier molecular flexibility index (Phi) is 6.31. The van der Waals surface area contributed by atoms with Crippen LogP contribution in [0.3, 0.4) is 0 Å². The molecule has 1 aromatic heterocycles. The molecule has 0 saturated carbocycles. The predicted octanol–water partition coefficient (Wildman–Crippen LogP) is -0.452. The van der Waals surface area contributed by atoms with Gasteiger partial charge in [0.15, 0.2) is 5.82 Å². The van der Waals surface area contributed by atoms with E-state index in [2.05, 4.69) is 32.3 Å². The number of nitrogens with one attached hydrogen (secondary N) is 2. The van der Waals surface area contributed by atoms with E-state index >= 15 is 0 Å². The van der Waals surface area contributed by atoms with E-state index in [1.54, 1.807) is 7.11 Å². The fourth-order valence-electron chi connectivity index (χ4n) is 2.79. The number of aromatic nitrogens is 3. The summed E-state index contributed by atoms with van der Waals surface area (Å²) >= 11 is 0. The van der Waals surface area contributed by atoms with E-state index in [4.69, 9.17) is 9.84 Å². The summed E-state index contributed by atoms with van der Waals surface area (Å²) < 4.78 is 4.95. The number of rotatable bonds is 6. The van der Waals surface area contributed by atoms with Gasteiger partial charge in [-0.15, -0.1) is 0 Å². The van der Waals surface area contributed by atoms with Crippen LogP contribution in [0, 0.1) is 0 Å². The number of β-amino-alcohol motifs (C(OH)–C–C–N with tert-alkyl or cyclic N) is 1. The SMILES string of the molecule is COCc1n[nH]c(CNC(=O)N2CC(C)N(CCO)CC2C)n1. The lowest BCUT2D eigenvalue weighted by Gasteiger charge is -2.43. The van der Waals surface area contributed by atoms with E-state index in [1.165, 1.54) is 0 Å². The Morgan fingerprint density at radius 3 is 2.91 bits per heavy atom. The summed E-state index contributed by atoms with van der Waals surface area (Å²) in [6.45, 7) is 6.89. The number of aromatic amines is 1. The molecule has 1 aromatic rings. The molecule has 0 spiro atoms. The summed E-state index contributed by atoms with van der Waals surface area (Å²) in [6, 6.07) is 0.205. The minimum Gasteiger partial charge on any atom is -0.395 e. The van der Waals surface area contributed by atoms with Crippen molar-refractivity contribution in [3.05, 3.63) is 11.6 Å². The monoisotopic (exact) mass is 326 g/mol. The molecule has 2 rings (SSSR count). The first kappa shape index (κ1) is 17.6. The second-order valence-electron chi connectivity index (χ2n) is 5.86. The van der Waals surface area contributed by atoms with Crippen LogP contribution in [0.15, 0.2) is 0 Å². The number of nitrogens with zero attached hydrogens (tertiary/aromatic N) is 4. The quantitative estimate of drug-likeness (QED) is 0.653. The number of carbonyl (C=O) groups is 1. The van der Waals surface area contributed by atoms with Crippen LogP contribution in [-0.2, 0) is 17.9 Å². The van der Waals surface area contributed by atoms with Gasteiger partial charge in [-0.1, -0.05) is 0 Å². The molecule has 1 aliphatic rings. The van der Waals surface area contributed by atoms with E-state index in [9.17, 15) is 4.79 Å². The zero-order valence-corrected chi connectivity index (χ0v) is 13.9. The molecule has 130 valence electrons. The van der Waals surface area contributed by atoms with Crippen LogP contribution < -0.4 is 5.32 Å². The van der Waals surface area contributed by atoms with Crippen molar-refractivity contribution >= 4 is 6.03 Å². The maximum absolute atomic E-state index is 12.4. The summed E-state index contributed by atoms with van der Waals surface area (Å²) in [6.07, 6.45) is 0. The molecule has 1 saturated heterocycles. The fourth-order valence-corrected chi connectivity index (χ4v) is 2.79. The van der Waals surface area contributed by atoms with Crippen molar-refractivity contribution in [3.8, 4) is 0 Å². The molecule has 9 heteroatoms. The first-order valence-corrected chi connectivity index (χ1v) is 7.83. The maximum Gasteiger partial charge on any atom is 0.318 e. The molecule has 0 aromatic carbocycles. The summed E-state index contributed by atoms with van der Waals surface area (Å²) in [5.41, 5.74) is 0. The van der Waals surface area contributed by atoms with E-state index < -0.39 is 0 Å². The number of aliphatic hydroxyl groups is 1. The minimum atomic E-state index is -0.113. The van der Waals surface area contributed by atoms with Gasteiger partial charge in [0.1, 0.15) is 12.4 Å². The number of urea groups is 1. The highest BCUT2D eigenvalue weighted by molar-refractivity contribution is 5.74. The number of methoxy groups -OCH3 is 1. The smallest absolute Gasteiger partial charge is 0.318 e. The van der Waals surface area contributed by atoms with Crippen molar-refractivity contribution < 1.29 is 14.6 Å². The lowest BCUT2D eigenvalue weighted by molar-refractivity contribution is 0.0516. The molecular weight excluding hydrogens is 300 g/mol. The normalized spacial score (nSPS) is 22.3. The van der Waals surface area contributed by atoms with Gasteiger partial charge < -0.3 is 20.1 Å². The Morgan fingerprint density at radius 1 is 1.43 bits per heavy atom. The maximum atomic E-state index is 12.4. The number of piperazine rings is 1. The van der Waals surface area contributed by atoms with Gasteiger partial charge in [-0.25, -0.2) is 9.78 Å². The standard InChI is InChI=1S/C14H26N6O3/c1-10-8-20(11(2)7-19(10)4-5-21)14(22)15-6-12-16-13(9-23-3)18-17-12/h10-11,21H,4-9H2,1-3H3,(H,15,22)(H,16,17,18). The first-order valence-electron chi connectivity index (χ1n) is 7.83. The Hall–Kier alpha value is -1.71. The predicted molar refractivity (Wildman–Crippen MR) is 83.6 cm³/mol. The molecule has 2 atom stereocenters. The van der Waals surface area contributed by atoms with Gasteiger partial charge in [-0.3, -0.25) is 10.00 Å². The minimum absolute atomic E-state index is 0.0940. The Bertz CT molecular complexity index is 508. The third-order valence-electron chi connectivity index (χ3n) is 4.02. The molecule has 0 aliphatic carbocycles. The molecule has 2 amide bonds. The van der Waals surface area contributed by atoms with Crippen LogP contribution in [0.2, 0.25) is 0 Å². The van der Waals surface area contributed by atoms with Gasteiger partial charge in [-0.05, 0) is 13.8 Å². The lowest BCUT2D eigenvalue weighted by atomic mass is 10.1. The number of hydrogen-bond acceptors (Lipinski definition) is 6. The largest absolute Gasteiger partial charge is 0.395 e. The summed E-state index contributed by atoms with van der Waals surface area (Å²) in [4.78, 5) is 20.6. The van der Waals surface area contributed by atoms with Gasteiger partial charge >= 0.3 is 6.03 Å². The highest BCUT2D eigenvalue weighted by Gasteiger charge is 2.31. The van der Waals surface area contributed by atoms with Crippen LogP contribution in [0.5, 0.6) is 0 Å². The van der Waals surface area contributed by atoms with Gasteiger partial charge in [-0.2, -0.15) is 5.10 Å². The Balaban J connectivity index is 1.85. The summed E-state index contributed by atoms with van der Waals surface area (Å²) in [5, 5.41) is 18.7. The highest BCUT2D eigenvalue weighted by atomic mass is 16.5. The van der Waals surface area contributed by atoms with E-state index in [-0.39, 0.29) is 24.7 Å². The highest BCUT2D eigenvalue weighted by Crippen LogP contribution is 2.15. The topological polar surface area (TPSA) is 107 Å². The van der Waals surface area contributed by atoms with Crippen molar-refractivity contribution in [2.45, 2.75) is 39.1 Å². The van der Waals surface area contributed by atoms with Crippen LogP contribution in [0.25, 0.3) is 0 Å². The average molecular weight is 326 g/mol. The molecule has 3 N–H and O–H groups in total. The molecular formula is C14H26N6O3. The molecule has 0 radical (unpaired) electrons. The fraction of sp³-hybridized carbons (Fsp3) is 0.786. The number of hydrogen-bond donors (Lipinski definition) is 3. The van der Waals surface area contributed by atoms with Gasteiger partial charge in [0, 0.05) is 38.8 Å². The Labute approximate surface area is 136 Å². The van der Waals surface area contributed by atoms with Gasteiger partial charge in [0.05, 0.1) is 13.2 Å². The zero-order valence-electron chi connectivity index (χ0n) is 13.9. The third kappa shape index (κ3) is 4.63. The van der Waals surface area contributed by atoms with Crippen molar-refractivity contribution in [2.75, 3.05) is 33.4 Å². The number of aliphatic hydroxyl groups excluding tert-OH is 1. The number of amides is 2. The number of ether oxygens (including phenoxy) is 1. The molecule has 9 nitrogen and oxygen atoms in total. The van der Waals surface area contributed by atoms with E-state index in [1.807, 2.05) is 11.8 Å². The number of carbonyl (C=O) groups excluding carboxylic acids is 1. The summed E-state index contributed by atoms with van der Waals surface area (Å²) in [7, 11) is 1.58. The lowest BCUT2D eigenvalue weighted by Crippen LogP contribution is -2.60. The summed E-state index contributed by atoms with van der Waals surface area (Å²) in [5.74, 6) is 1.17. The number of H-pyrrole nitrogens is 1. The van der Waals surface area contributed by atoms with Crippen LogP contribution in [0.1, 0.15) is 25.5 Å². The second-order valence-corrected chi connectivity index (χ2v) is 5.86. The first-order chi connectivity index (χ1) is 11.0. The van der Waals surface area contributed by atoms with Crippen LogP contribution in [0.4, 0.5) is 4.79 Å². The second kappa shape index (κ2) is 8.23. The van der Waals surface area contributed by atoms with Crippen molar-refractivity contribution in [1.29, 1.82) is 0 Å². The molecule has 2 unspecified atom stereocenters. The molecule has 1 fully saturated rings. The van der Waals surface area contributed by atoms with Crippen LogP contribution >= 0.6 is 0 Å². The Morgan fingerprint density at radius 2 is 2.22 bits per heavy atom. The van der Waals surface area contributed by atoms with Gasteiger partial charge in [0.2, 0.25) is 0 Å². The molecule has 23 heavy (non-hydrogen) atoms. The third-order valence-corrected chi connectivity index (χ3v) is 4.02. The van der Waals surface area contributed by atoms with Crippen molar-refractivity contribution in [1.82, 2.24) is 30.3 Å². The average Bonchev–Trinajstić information content (AvgIpc) is 2.96. The molecule has 2 heterocycles. The van der Waals surface area contributed by atoms with E-state index in [0.717, 1.165) is 6.54 Å².